The van der Waals surface area contributed by atoms with Crippen LogP contribution in [0.15, 0.2) is 83.8 Å². The van der Waals surface area contributed by atoms with Crippen LogP contribution >= 0.6 is 0 Å². The van der Waals surface area contributed by atoms with E-state index in [0.717, 1.165) is 11.1 Å². The molecule has 0 fully saturated rings. The first-order chi connectivity index (χ1) is 20.5. The van der Waals surface area contributed by atoms with E-state index >= 15 is 0 Å². The molecule has 222 valence electrons. The Labute approximate surface area is 250 Å². The number of nitrogens with two attached hydrogens (primary N) is 2. The van der Waals surface area contributed by atoms with Crippen LogP contribution in [0.3, 0.4) is 0 Å². The van der Waals surface area contributed by atoms with Crippen LogP contribution < -0.4 is 27.7 Å². The molecule has 0 saturated heterocycles. The van der Waals surface area contributed by atoms with Gasteiger partial charge in [0.2, 0.25) is 5.91 Å². The highest BCUT2D eigenvalue weighted by molar-refractivity contribution is 5.96. The standard InChI is InChI=1S/C32H36N8O3/c1-20(2)38-30-32(43)40(19-28(41)36-16-21-9-11-23(12-10-21)29(34)35)27(17-37-30)24-13-25(15-26(33)14-24)31(42)39(3)18-22-7-5-4-6-8-22/h4-15,17,20H,16,18-19,33H2,1-3H3,(H3,34,35)(H,36,41)(H,37,38). The number of nitrogens with one attached hydrogen (secondary N) is 3. The van der Waals surface area contributed by atoms with Gasteiger partial charge in [-0.1, -0.05) is 54.6 Å². The summed E-state index contributed by atoms with van der Waals surface area (Å²) in [6.07, 6.45) is 1.50. The molecule has 0 aliphatic carbocycles. The smallest absolute Gasteiger partial charge is 0.294 e. The van der Waals surface area contributed by atoms with Crippen molar-refractivity contribution in [1.82, 2.24) is 19.8 Å². The Morgan fingerprint density at radius 3 is 2.35 bits per heavy atom. The van der Waals surface area contributed by atoms with Crippen molar-refractivity contribution in [2.24, 2.45) is 5.73 Å². The van der Waals surface area contributed by atoms with Crippen LogP contribution in [-0.4, -0.2) is 45.2 Å². The topological polar surface area (TPSA) is 172 Å². The Morgan fingerprint density at radius 1 is 1.00 bits per heavy atom. The van der Waals surface area contributed by atoms with Crippen molar-refractivity contribution in [3.63, 3.8) is 0 Å². The van der Waals surface area contributed by atoms with E-state index in [1.54, 1.807) is 54.4 Å². The summed E-state index contributed by atoms with van der Waals surface area (Å²) in [6, 6.07) is 21.4. The van der Waals surface area contributed by atoms with E-state index in [9.17, 15) is 14.4 Å². The van der Waals surface area contributed by atoms with Gasteiger partial charge in [-0.3, -0.25) is 24.4 Å². The Balaban J connectivity index is 1.63. The molecule has 1 heterocycles. The highest BCUT2D eigenvalue weighted by atomic mass is 16.2. The number of nitrogens with zero attached hydrogens (tertiary/aromatic N) is 3. The van der Waals surface area contributed by atoms with Crippen LogP contribution in [0.5, 0.6) is 0 Å². The number of aromatic nitrogens is 2. The number of hydrogen-bond donors (Lipinski definition) is 5. The zero-order valence-electron chi connectivity index (χ0n) is 24.4. The Hall–Kier alpha value is -5.45. The normalized spacial score (nSPS) is 10.8. The van der Waals surface area contributed by atoms with E-state index < -0.39 is 11.5 Å². The summed E-state index contributed by atoms with van der Waals surface area (Å²) in [5.74, 6) is -0.580. The van der Waals surface area contributed by atoms with Gasteiger partial charge in [-0.25, -0.2) is 4.98 Å². The van der Waals surface area contributed by atoms with E-state index in [1.807, 2.05) is 44.2 Å². The number of carbonyl (C=O) groups excluding carboxylic acids is 2. The molecule has 0 unspecified atom stereocenters. The zero-order chi connectivity index (χ0) is 31.1. The van der Waals surface area contributed by atoms with E-state index in [1.165, 1.54) is 10.8 Å². The minimum atomic E-state index is -0.483. The van der Waals surface area contributed by atoms with E-state index in [2.05, 4.69) is 15.6 Å². The number of amides is 2. The maximum Gasteiger partial charge on any atom is 0.294 e. The molecule has 0 spiro atoms. The van der Waals surface area contributed by atoms with E-state index in [-0.39, 0.29) is 36.7 Å². The molecule has 1 aromatic heterocycles. The van der Waals surface area contributed by atoms with Crippen molar-refractivity contribution >= 4 is 29.2 Å². The van der Waals surface area contributed by atoms with Crippen LogP contribution in [0.1, 0.15) is 40.9 Å². The van der Waals surface area contributed by atoms with Gasteiger partial charge >= 0.3 is 0 Å². The van der Waals surface area contributed by atoms with Crippen LogP contribution in [-0.2, 0) is 24.4 Å². The average molecular weight is 581 g/mol. The Bertz CT molecular complexity index is 1680. The molecule has 0 atom stereocenters. The number of rotatable bonds is 11. The summed E-state index contributed by atoms with van der Waals surface area (Å²) < 4.78 is 1.32. The number of amidine groups is 1. The first-order valence-corrected chi connectivity index (χ1v) is 13.8. The highest BCUT2D eigenvalue weighted by Crippen LogP contribution is 2.24. The first-order valence-electron chi connectivity index (χ1n) is 13.8. The van der Waals surface area contributed by atoms with Crippen molar-refractivity contribution in [1.29, 1.82) is 5.41 Å². The van der Waals surface area contributed by atoms with Gasteiger partial charge in [-0.15, -0.1) is 0 Å². The highest BCUT2D eigenvalue weighted by Gasteiger charge is 2.19. The quantitative estimate of drug-likeness (QED) is 0.103. The van der Waals surface area contributed by atoms with Crippen molar-refractivity contribution in [3.8, 4) is 11.3 Å². The molecule has 3 aromatic carbocycles. The Morgan fingerprint density at radius 2 is 1.70 bits per heavy atom. The molecule has 11 nitrogen and oxygen atoms in total. The van der Waals surface area contributed by atoms with Crippen LogP contribution in [0.4, 0.5) is 11.5 Å². The van der Waals surface area contributed by atoms with Gasteiger partial charge in [-0.2, -0.15) is 0 Å². The fraction of sp³-hybridized carbons (Fsp3) is 0.219. The summed E-state index contributed by atoms with van der Waals surface area (Å²) in [5.41, 5.74) is 15.1. The fourth-order valence-electron chi connectivity index (χ4n) is 4.52. The lowest BCUT2D eigenvalue weighted by Crippen LogP contribution is -2.35. The second-order valence-corrected chi connectivity index (χ2v) is 10.6. The lowest BCUT2D eigenvalue weighted by Gasteiger charge is -2.19. The lowest BCUT2D eigenvalue weighted by atomic mass is 10.1. The molecule has 43 heavy (non-hydrogen) atoms. The molecule has 4 rings (SSSR count). The second-order valence-electron chi connectivity index (χ2n) is 10.6. The van der Waals surface area contributed by atoms with Gasteiger partial charge < -0.3 is 27.0 Å². The number of carbonyl (C=O) groups is 2. The third-order valence-corrected chi connectivity index (χ3v) is 6.64. The molecule has 2 amide bonds. The maximum absolute atomic E-state index is 13.5. The third kappa shape index (κ3) is 7.85. The second kappa shape index (κ2) is 13.5. The molecule has 0 bridgehead atoms. The van der Waals surface area contributed by atoms with Crippen molar-refractivity contribution in [2.45, 2.75) is 39.5 Å². The van der Waals surface area contributed by atoms with Gasteiger partial charge in [0.05, 0.1) is 11.9 Å². The summed E-state index contributed by atoms with van der Waals surface area (Å²) in [7, 11) is 1.71. The van der Waals surface area contributed by atoms with Crippen LogP contribution in [0.2, 0.25) is 0 Å². The lowest BCUT2D eigenvalue weighted by molar-refractivity contribution is -0.121. The Kier molecular flexibility index (Phi) is 9.56. The van der Waals surface area contributed by atoms with Crippen molar-refractivity contribution in [3.05, 3.63) is 112 Å². The molecule has 0 saturated carbocycles. The SMILES string of the molecule is CC(C)Nc1ncc(-c2cc(N)cc(C(=O)N(C)Cc3ccccc3)c2)n(CC(=O)NCc2ccc(C(=N)N)cc2)c1=O. The van der Waals surface area contributed by atoms with E-state index in [4.69, 9.17) is 16.9 Å². The fourth-order valence-corrected chi connectivity index (χ4v) is 4.52. The predicted octanol–water partition coefficient (Wildman–Crippen LogP) is 3.19. The number of nitrogen functional groups attached to an aromatic ring is 2. The minimum absolute atomic E-state index is 0.0414. The molecule has 0 aliphatic heterocycles. The third-order valence-electron chi connectivity index (χ3n) is 6.64. The summed E-state index contributed by atoms with van der Waals surface area (Å²) in [4.78, 5) is 45.9. The minimum Gasteiger partial charge on any atom is -0.399 e. The zero-order valence-corrected chi connectivity index (χ0v) is 24.4. The largest absolute Gasteiger partial charge is 0.399 e. The summed E-state index contributed by atoms with van der Waals surface area (Å²) in [5, 5.41) is 13.4. The van der Waals surface area contributed by atoms with E-state index in [0.29, 0.717) is 34.6 Å². The van der Waals surface area contributed by atoms with Gasteiger partial charge in [0.15, 0.2) is 5.82 Å². The number of hydrogen-bond acceptors (Lipinski definition) is 7. The monoisotopic (exact) mass is 580 g/mol. The molecular formula is C32H36N8O3. The van der Waals surface area contributed by atoms with Crippen LogP contribution in [0.25, 0.3) is 11.3 Å². The molecule has 11 heteroatoms. The number of anilines is 2. The molecule has 0 radical (unpaired) electrons. The summed E-state index contributed by atoms with van der Waals surface area (Å²) >= 11 is 0. The number of benzene rings is 3. The van der Waals surface area contributed by atoms with Crippen molar-refractivity contribution < 1.29 is 9.59 Å². The molecular weight excluding hydrogens is 544 g/mol. The predicted molar refractivity (Wildman–Crippen MR) is 169 cm³/mol. The maximum atomic E-state index is 13.5. The molecule has 4 aromatic rings. The van der Waals surface area contributed by atoms with Gasteiger partial charge in [-0.05, 0) is 43.2 Å². The molecule has 0 aliphatic rings. The first kappa shape index (κ1) is 30.5. The average Bonchev–Trinajstić information content (AvgIpc) is 2.98. The van der Waals surface area contributed by atoms with Gasteiger partial charge in [0, 0.05) is 48.6 Å². The van der Waals surface area contributed by atoms with Gasteiger partial charge in [0.25, 0.3) is 11.5 Å². The van der Waals surface area contributed by atoms with Crippen LogP contribution in [0, 0.1) is 5.41 Å². The van der Waals surface area contributed by atoms with Crippen molar-refractivity contribution in [2.75, 3.05) is 18.1 Å². The molecule has 7 N–H and O–H groups in total. The summed E-state index contributed by atoms with van der Waals surface area (Å²) in [6.45, 7) is 4.09. The van der Waals surface area contributed by atoms with Gasteiger partial charge in [0.1, 0.15) is 12.4 Å².